The third-order valence-corrected chi connectivity index (χ3v) is 3.49. The third-order valence-electron chi connectivity index (χ3n) is 3.49. The van der Waals surface area contributed by atoms with Crippen molar-refractivity contribution in [1.82, 2.24) is 4.90 Å². The fraction of sp³-hybridized carbons (Fsp3) is 0.312. The van der Waals surface area contributed by atoms with Gasteiger partial charge < -0.3 is 18.8 Å². The van der Waals surface area contributed by atoms with Crippen molar-refractivity contribution in [3.63, 3.8) is 0 Å². The van der Waals surface area contributed by atoms with Gasteiger partial charge in [-0.3, -0.25) is 4.79 Å². The van der Waals surface area contributed by atoms with E-state index in [2.05, 4.69) is 0 Å². The van der Waals surface area contributed by atoms with E-state index >= 15 is 0 Å². The molecular weight excluding hydrogens is 270 g/mol. The predicted molar refractivity (Wildman–Crippen MR) is 78.8 cm³/mol. The molecule has 1 aromatic carbocycles. The number of carbonyl (C=O) groups excluding carboxylic acids is 1. The van der Waals surface area contributed by atoms with E-state index in [1.807, 2.05) is 13.0 Å². The number of nitrogens with zero attached hydrogens (tertiary/aromatic N) is 1. The molecule has 0 aliphatic carbocycles. The van der Waals surface area contributed by atoms with Crippen LogP contribution in [0.4, 0.5) is 0 Å². The largest absolute Gasteiger partial charge is 0.493 e. The second kappa shape index (κ2) is 6.35. The van der Waals surface area contributed by atoms with Gasteiger partial charge in [0.1, 0.15) is 5.76 Å². The molecular formula is C16H19NO4. The lowest BCUT2D eigenvalue weighted by Crippen LogP contribution is -2.29. The van der Waals surface area contributed by atoms with Crippen molar-refractivity contribution in [1.29, 1.82) is 0 Å². The van der Waals surface area contributed by atoms with E-state index in [1.165, 1.54) is 7.11 Å². The molecule has 5 nitrogen and oxygen atoms in total. The normalized spacial score (nSPS) is 11.8. The quantitative estimate of drug-likeness (QED) is 0.848. The lowest BCUT2D eigenvalue weighted by atomic mass is 10.1. The lowest BCUT2D eigenvalue weighted by molar-refractivity contribution is 0.0722. The minimum absolute atomic E-state index is 0.158. The molecule has 1 atom stereocenters. The Morgan fingerprint density at radius 1 is 1.19 bits per heavy atom. The minimum Gasteiger partial charge on any atom is -0.493 e. The van der Waals surface area contributed by atoms with Crippen molar-refractivity contribution < 1.29 is 18.7 Å². The Kier molecular flexibility index (Phi) is 4.52. The molecule has 1 unspecified atom stereocenters. The summed E-state index contributed by atoms with van der Waals surface area (Å²) >= 11 is 0. The first kappa shape index (κ1) is 15.0. The number of ether oxygens (including phenoxy) is 2. The summed E-state index contributed by atoms with van der Waals surface area (Å²) in [6.45, 7) is 1.91. The van der Waals surface area contributed by atoms with Crippen LogP contribution in [-0.2, 0) is 0 Å². The number of furan rings is 1. The van der Waals surface area contributed by atoms with Crippen LogP contribution < -0.4 is 9.47 Å². The smallest absolute Gasteiger partial charge is 0.258 e. The van der Waals surface area contributed by atoms with E-state index in [-0.39, 0.29) is 11.9 Å². The lowest BCUT2D eigenvalue weighted by Gasteiger charge is -2.24. The average Bonchev–Trinajstić information content (AvgIpc) is 3.06. The summed E-state index contributed by atoms with van der Waals surface area (Å²) in [5.74, 6) is 1.54. The maximum Gasteiger partial charge on any atom is 0.258 e. The Hall–Kier alpha value is -2.43. The molecule has 0 N–H and O–H groups in total. The summed E-state index contributed by atoms with van der Waals surface area (Å²) in [4.78, 5) is 14.3. The van der Waals surface area contributed by atoms with Crippen LogP contribution >= 0.6 is 0 Å². The fourth-order valence-corrected chi connectivity index (χ4v) is 2.14. The summed E-state index contributed by atoms with van der Waals surface area (Å²) in [6.07, 6.45) is 1.59. The Bertz CT molecular complexity index is 607. The Morgan fingerprint density at radius 2 is 1.95 bits per heavy atom. The molecule has 2 rings (SSSR count). The van der Waals surface area contributed by atoms with Gasteiger partial charge in [-0.15, -0.1) is 0 Å². The first-order valence-corrected chi connectivity index (χ1v) is 6.61. The molecule has 5 heteroatoms. The van der Waals surface area contributed by atoms with Crippen molar-refractivity contribution in [2.75, 3.05) is 21.3 Å². The zero-order valence-corrected chi connectivity index (χ0v) is 12.6. The van der Waals surface area contributed by atoms with Crippen LogP contribution in [0.5, 0.6) is 11.5 Å². The van der Waals surface area contributed by atoms with Crippen LogP contribution in [0.1, 0.15) is 29.1 Å². The zero-order chi connectivity index (χ0) is 15.4. The molecule has 0 spiro atoms. The predicted octanol–water partition coefficient (Wildman–Crippen LogP) is 3.13. The number of hydrogen-bond donors (Lipinski definition) is 0. The van der Waals surface area contributed by atoms with E-state index in [4.69, 9.17) is 13.9 Å². The molecule has 0 bridgehead atoms. The van der Waals surface area contributed by atoms with Gasteiger partial charge in [0.15, 0.2) is 11.5 Å². The Labute approximate surface area is 124 Å². The SMILES string of the molecule is COc1cccc(C(=O)N(C)C(C)c2ccco2)c1OC. The molecule has 0 radical (unpaired) electrons. The highest BCUT2D eigenvalue weighted by atomic mass is 16.5. The standard InChI is InChI=1S/C16H19NO4/c1-11(13-9-6-10-21-13)17(2)16(18)12-7-5-8-14(19-3)15(12)20-4/h5-11H,1-4H3. The van der Waals surface area contributed by atoms with Crippen molar-refractivity contribution in [3.05, 3.63) is 47.9 Å². The molecule has 0 aliphatic heterocycles. The molecule has 0 fully saturated rings. The Balaban J connectivity index is 2.31. The first-order valence-electron chi connectivity index (χ1n) is 6.61. The van der Waals surface area contributed by atoms with Gasteiger partial charge in [0.25, 0.3) is 5.91 Å². The van der Waals surface area contributed by atoms with Crippen LogP contribution in [0, 0.1) is 0 Å². The number of rotatable bonds is 5. The van der Waals surface area contributed by atoms with Crippen LogP contribution in [0.15, 0.2) is 41.0 Å². The van der Waals surface area contributed by atoms with Crippen molar-refractivity contribution in [2.24, 2.45) is 0 Å². The van der Waals surface area contributed by atoms with Gasteiger partial charge in [0, 0.05) is 7.05 Å². The van der Waals surface area contributed by atoms with E-state index in [0.29, 0.717) is 17.1 Å². The molecule has 1 aromatic heterocycles. The van der Waals surface area contributed by atoms with Gasteiger partial charge in [-0.05, 0) is 31.2 Å². The van der Waals surface area contributed by atoms with Gasteiger partial charge in [-0.25, -0.2) is 0 Å². The van der Waals surface area contributed by atoms with Crippen molar-refractivity contribution in [2.45, 2.75) is 13.0 Å². The summed E-state index contributed by atoms with van der Waals surface area (Å²) in [6, 6.07) is 8.71. The summed E-state index contributed by atoms with van der Waals surface area (Å²) in [5.41, 5.74) is 0.456. The summed E-state index contributed by atoms with van der Waals surface area (Å²) < 4.78 is 15.9. The first-order chi connectivity index (χ1) is 10.1. The number of para-hydroxylation sites is 1. The van der Waals surface area contributed by atoms with Gasteiger partial charge in [0.2, 0.25) is 0 Å². The summed E-state index contributed by atoms with van der Waals surface area (Å²) in [5, 5.41) is 0. The third kappa shape index (κ3) is 2.86. The summed E-state index contributed by atoms with van der Waals surface area (Å²) in [7, 11) is 4.79. The average molecular weight is 289 g/mol. The van der Waals surface area contributed by atoms with Crippen LogP contribution in [0.3, 0.4) is 0 Å². The number of benzene rings is 1. The van der Waals surface area contributed by atoms with Crippen LogP contribution in [0.2, 0.25) is 0 Å². The molecule has 0 aliphatic rings. The van der Waals surface area contributed by atoms with Gasteiger partial charge in [0.05, 0.1) is 32.1 Å². The topological polar surface area (TPSA) is 51.9 Å². The highest BCUT2D eigenvalue weighted by Crippen LogP contribution is 2.32. The monoisotopic (exact) mass is 289 g/mol. The molecule has 0 saturated carbocycles. The van der Waals surface area contributed by atoms with E-state index in [0.717, 1.165) is 5.76 Å². The van der Waals surface area contributed by atoms with Crippen LogP contribution in [0.25, 0.3) is 0 Å². The molecule has 21 heavy (non-hydrogen) atoms. The highest BCUT2D eigenvalue weighted by Gasteiger charge is 2.24. The zero-order valence-electron chi connectivity index (χ0n) is 12.6. The van der Waals surface area contributed by atoms with Crippen molar-refractivity contribution in [3.8, 4) is 11.5 Å². The van der Waals surface area contributed by atoms with E-state index in [9.17, 15) is 4.79 Å². The Morgan fingerprint density at radius 3 is 2.52 bits per heavy atom. The maximum atomic E-state index is 12.7. The van der Waals surface area contributed by atoms with Crippen molar-refractivity contribution >= 4 is 5.91 Å². The highest BCUT2D eigenvalue weighted by molar-refractivity contribution is 5.97. The van der Waals surface area contributed by atoms with Gasteiger partial charge in [-0.2, -0.15) is 0 Å². The van der Waals surface area contributed by atoms with E-state index < -0.39 is 0 Å². The molecule has 1 heterocycles. The van der Waals surface area contributed by atoms with E-state index in [1.54, 1.807) is 49.6 Å². The maximum absolute atomic E-state index is 12.7. The molecule has 1 amide bonds. The fourth-order valence-electron chi connectivity index (χ4n) is 2.14. The second-order valence-corrected chi connectivity index (χ2v) is 4.65. The number of methoxy groups -OCH3 is 2. The molecule has 0 saturated heterocycles. The number of amides is 1. The van der Waals surface area contributed by atoms with Gasteiger partial charge >= 0.3 is 0 Å². The van der Waals surface area contributed by atoms with Crippen LogP contribution in [-0.4, -0.2) is 32.1 Å². The minimum atomic E-state index is -0.177. The number of hydrogen-bond acceptors (Lipinski definition) is 4. The second-order valence-electron chi connectivity index (χ2n) is 4.65. The molecule has 2 aromatic rings. The number of carbonyl (C=O) groups is 1. The molecule has 112 valence electrons. The van der Waals surface area contributed by atoms with Gasteiger partial charge in [-0.1, -0.05) is 6.07 Å².